The van der Waals surface area contributed by atoms with Crippen LogP contribution in [0.15, 0.2) is 194 Å². The van der Waals surface area contributed by atoms with Crippen molar-refractivity contribution >= 4 is 44.6 Å². The summed E-state index contributed by atoms with van der Waals surface area (Å²) in [5, 5.41) is 2.20. The van der Waals surface area contributed by atoms with E-state index in [1.165, 1.54) is 5.56 Å². The second-order valence-corrected chi connectivity index (χ2v) is 19.0. The molecule has 0 saturated heterocycles. The van der Waals surface area contributed by atoms with E-state index in [0.29, 0.717) is 17.5 Å². The molecule has 0 N–H and O–H groups in total. The summed E-state index contributed by atoms with van der Waals surface area (Å²) in [7, 11) is 0. The first kappa shape index (κ1) is 45.5. The maximum atomic E-state index is 5.27. The summed E-state index contributed by atoms with van der Waals surface area (Å²) in [6.45, 7) is 13.1. The number of para-hydroxylation sites is 4. The Bertz CT molecular complexity index is 3700. The van der Waals surface area contributed by atoms with Gasteiger partial charge in [0.15, 0.2) is 0 Å². The molecular weight excluding hydrogens is 1050 g/mol. The Hall–Kier alpha value is -7.99. The SMILES string of the molecule is Cc1cc(C)cc(-c2nc(-c3[c-]c(N4[CH-]N(c5c(-c6ccccc6)cccc5-c5ccccc5)c5ccccc54)ccc3)nc(-c3[c-]c4c(cc3)c3ccccc3n4-c3cc(C(C)(C)C)ccn3)n2)c1.[Pt]. The van der Waals surface area contributed by atoms with E-state index in [-0.39, 0.29) is 26.5 Å². The van der Waals surface area contributed by atoms with Crippen molar-refractivity contribution in [2.75, 3.05) is 9.80 Å². The van der Waals surface area contributed by atoms with Crippen molar-refractivity contribution in [3.8, 4) is 62.2 Å². The Morgan fingerprint density at radius 3 is 1.76 bits per heavy atom. The predicted octanol–water partition coefficient (Wildman–Crippen LogP) is 15.6. The fraction of sp³-hybridized carbons (Fsp3) is 0.0952. The molecule has 0 aliphatic carbocycles. The number of fused-ring (bicyclic) bond motifs is 4. The number of hydrogen-bond donors (Lipinski definition) is 0. The molecule has 1 aliphatic rings. The van der Waals surface area contributed by atoms with Gasteiger partial charge in [0.1, 0.15) is 11.6 Å². The van der Waals surface area contributed by atoms with Gasteiger partial charge in [-0.2, -0.15) is 0 Å². The molecule has 348 valence electrons. The van der Waals surface area contributed by atoms with Crippen molar-refractivity contribution in [1.82, 2.24) is 24.5 Å². The molecule has 0 bridgehead atoms. The van der Waals surface area contributed by atoms with Crippen LogP contribution in [0.1, 0.15) is 37.5 Å². The van der Waals surface area contributed by atoms with Crippen LogP contribution in [0.25, 0.3) is 84.0 Å². The van der Waals surface area contributed by atoms with Crippen molar-refractivity contribution in [3.63, 3.8) is 0 Å². The smallest absolute Gasteiger partial charge is 0.144 e. The Labute approximate surface area is 429 Å². The molecule has 0 fully saturated rings. The summed E-state index contributed by atoms with van der Waals surface area (Å²) in [6, 6.07) is 73.6. The van der Waals surface area contributed by atoms with Gasteiger partial charge in [-0.1, -0.05) is 158 Å². The maximum Gasteiger partial charge on any atom is 0.144 e. The second-order valence-electron chi connectivity index (χ2n) is 19.0. The van der Waals surface area contributed by atoms with E-state index in [1.807, 2.05) is 12.3 Å². The molecule has 0 unspecified atom stereocenters. The summed E-state index contributed by atoms with van der Waals surface area (Å²) in [4.78, 5) is 25.2. The first-order valence-corrected chi connectivity index (χ1v) is 23.7. The summed E-state index contributed by atoms with van der Waals surface area (Å²) in [5.74, 6) is 2.45. The molecule has 8 heteroatoms. The van der Waals surface area contributed by atoms with Crippen LogP contribution in [-0.4, -0.2) is 24.5 Å². The Balaban J connectivity index is 0.00000547. The number of rotatable bonds is 8. The van der Waals surface area contributed by atoms with Crippen LogP contribution in [0.5, 0.6) is 0 Å². The zero-order valence-electron chi connectivity index (χ0n) is 40.0. The van der Waals surface area contributed by atoms with Gasteiger partial charge in [0.2, 0.25) is 0 Å². The molecule has 0 amide bonds. The van der Waals surface area contributed by atoms with Gasteiger partial charge in [-0.05, 0) is 89.3 Å². The zero-order chi connectivity index (χ0) is 47.5. The number of pyridine rings is 1. The van der Waals surface area contributed by atoms with Crippen LogP contribution in [0.3, 0.4) is 0 Å². The topological polar surface area (TPSA) is 63.0 Å². The van der Waals surface area contributed by atoms with Gasteiger partial charge in [0.05, 0.1) is 11.6 Å². The molecule has 0 atom stereocenters. The van der Waals surface area contributed by atoms with E-state index < -0.39 is 0 Å². The Morgan fingerprint density at radius 2 is 1.08 bits per heavy atom. The summed E-state index contributed by atoms with van der Waals surface area (Å²) < 4.78 is 2.21. The Kier molecular flexibility index (Phi) is 11.8. The molecule has 3 aromatic heterocycles. The van der Waals surface area contributed by atoms with E-state index in [9.17, 15) is 0 Å². The molecule has 0 saturated carbocycles. The van der Waals surface area contributed by atoms with E-state index in [2.05, 4.69) is 250 Å². The molecule has 4 heterocycles. The third-order valence-electron chi connectivity index (χ3n) is 13.1. The monoisotopic (exact) mass is 1100 g/mol. The van der Waals surface area contributed by atoms with Crippen molar-refractivity contribution in [3.05, 3.63) is 230 Å². The van der Waals surface area contributed by atoms with Crippen molar-refractivity contribution in [2.24, 2.45) is 0 Å². The van der Waals surface area contributed by atoms with E-state index in [1.54, 1.807) is 0 Å². The van der Waals surface area contributed by atoms with Gasteiger partial charge >= 0.3 is 0 Å². The third kappa shape index (κ3) is 8.40. The van der Waals surface area contributed by atoms with Crippen molar-refractivity contribution in [1.29, 1.82) is 0 Å². The zero-order valence-corrected chi connectivity index (χ0v) is 42.3. The average molecular weight is 1100 g/mol. The number of hydrogen-bond acceptors (Lipinski definition) is 6. The number of aryl methyl sites for hydroxylation is 2. The van der Waals surface area contributed by atoms with Crippen LogP contribution in [0, 0.1) is 32.6 Å². The van der Waals surface area contributed by atoms with Crippen LogP contribution in [0.2, 0.25) is 0 Å². The first-order valence-electron chi connectivity index (χ1n) is 23.7. The van der Waals surface area contributed by atoms with E-state index in [4.69, 9.17) is 19.9 Å². The fourth-order valence-electron chi connectivity index (χ4n) is 9.83. The number of anilines is 4. The summed E-state index contributed by atoms with van der Waals surface area (Å²) in [5.41, 5.74) is 16.4. The number of nitrogens with zero attached hydrogens (tertiary/aromatic N) is 7. The first-order chi connectivity index (χ1) is 34.1. The Morgan fingerprint density at radius 1 is 0.493 bits per heavy atom. The molecule has 1 aliphatic heterocycles. The van der Waals surface area contributed by atoms with Gasteiger partial charge in [0, 0.05) is 66.5 Å². The van der Waals surface area contributed by atoms with Crippen LogP contribution in [-0.2, 0) is 26.5 Å². The van der Waals surface area contributed by atoms with Gasteiger partial charge in [-0.25, -0.2) is 4.98 Å². The van der Waals surface area contributed by atoms with Crippen LogP contribution in [0.4, 0.5) is 22.7 Å². The molecule has 0 spiro atoms. The molecule has 7 nitrogen and oxygen atoms in total. The standard InChI is InChI=1S/C63H48N7.Pt/c1-41-34-42(2)36-47(35-41)62-66-60(65-61(67-62)46-30-31-53-52-24-12-13-27-54(52)70(57(53)38-46)58-39-48(32-33-64-58)63(3,4)5)45-22-16-23-49(37-45)68-40-69(56-29-15-14-28-55(56)68)59-50(43-18-8-6-9-19-43)25-17-26-51(59)44-20-10-7-11-21-44;/h6-36,39-40H,1-5H3;/q-3;. The van der Waals surface area contributed by atoms with Crippen molar-refractivity contribution in [2.45, 2.75) is 40.0 Å². The normalized spacial score (nSPS) is 12.4. The molecular formula is C63H48N7Pt-3. The largest absolute Gasteiger partial charge is 0.488 e. The molecule has 0 radical (unpaired) electrons. The molecule has 12 rings (SSSR count). The molecule has 11 aromatic rings. The maximum absolute atomic E-state index is 5.27. The molecule has 71 heavy (non-hydrogen) atoms. The van der Waals surface area contributed by atoms with Crippen LogP contribution < -0.4 is 9.80 Å². The van der Waals surface area contributed by atoms with Crippen molar-refractivity contribution < 1.29 is 21.1 Å². The number of aromatic nitrogens is 5. The fourth-order valence-corrected chi connectivity index (χ4v) is 9.83. The van der Waals surface area contributed by atoms with Crippen LogP contribution >= 0.6 is 0 Å². The predicted molar refractivity (Wildman–Crippen MR) is 286 cm³/mol. The second kappa shape index (κ2) is 18.4. The van der Waals surface area contributed by atoms with E-state index in [0.717, 1.165) is 100 Å². The molecule has 8 aromatic carbocycles. The minimum atomic E-state index is -0.0548. The summed E-state index contributed by atoms with van der Waals surface area (Å²) >= 11 is 0. The van der Waals surface area contributed by atoms with Gasteiger partial charge < -0.3 is 19.4 Å². The quantitative estimate of drug-likeness (QED) is 0.141. The summed E-state index contributed by atoms with van der Waals surface area (Å²) in [6.07, 6.45) is 1.90. The van der Waals surface area contributed by atoms with E-state index >= 15 is 0 Å². The minimum absolute atomic E-state index is 0. The number of benzene rings is 8. The third-order valence-corrected chi connectivity index (χ3v) is 13.1. The average Bonchev–Trinajstić information content (AvgIpc) is 3.94. The van der Waals surface area contributed by atoms with Gasteiger partial charge in [-0.15, -0.1) is 60.3 Å². The van der Waals surface area contributed by atoms with Gasteiger partial charge in [0.25, 0.3) is 0 Å². The van der Waals surface area contributed by atoms with Gasteiger partial charge in [-0.3, -0.25) is 9.97 Å². The minimum Gasteiger partial charge on any atom is -0.488 e.